The van der Waals surface area contributed by atoms with Crippen molar-refractivity contribution in [2.24, 2.45) is 118 Å². The van der Waals surface area contributed by atoms with E-state index in [0.29, 0.717) is 59.7 Å². The fourth-order valence-corrected chi connectivity index (χ4v) is 21.1. The van der Waals surface area contributed by atoms with Gasteiger partial charge in [-0.05, 0) is 255 Å². The van der Waals surface area contributed by atoms with Crippen LogP contribution < -0.4 is 0 Å². The maximum atomic E-state index is 11.5. The van der Waals surface area contributed by atoms with Crippen LogP contribution in [0.3, 0.4) is 0 Å². The highest BCUT2D eigenvalue weighted by molar-refractivity contribution is 5.88. The van der Waals surface area contributed by atoms with Gasteiger partial charge in [0.15, 0.2) is 0 Å². The zero-order chi connectivity index (χ0) is 56.8. The molecule has 0 saturated heterocycles. The molecule has 0 aliphatic heterocycles. The van der Waals surface area contributed by atoms with Gasteiger partial charge in [-0.1, -0.05) is 76.5 Å². The number of ether oxygens (including phenoxy) is 6. The minimum Gasteiger partial charge on any atom is -0.460 e. The van der Waals surface area contributed by atoms with Crippen molar-refractivity contribution in [2.75, 3.05) is 13.2 Å². The Morgan fingerprint density at radius 1 is 0.395 bits per heavy atom. The zero-order valence-corrected chi connectivity index (χ0v) is 49.2. The molecular formula is C70H96O11. The predicted molar refractivity (Wildman–Crippen MR) is 310 cm³/mol. The molecule has 0 aromatic rings. The van der Waals surface area contributed by atoms with Crippen LogP contribution in [0.15, 0.2) is 86.1 Å². The molecule has 11 heteroatoms. The van der Waals surface area contributed by atoms with Crippen LogP contribution in [0, 0.1) is 118 Å². The zero-order valence-electron chi connectivity index (χ0n) is 49.2. The largest absolute Gasteiger partial charge is 0.460 e. The number of fused-ring (bicyclic) bond motifs is 25. The first-order chi connectivity index (χ1) is 39.1. The molecule has 15 aliphatic rings. The normalized spacial score (nSPS) is 43.6. The third-order valence-corrected chi connectivity index (χ3v) is 24.1. The van der Waals surface area contributed by atoms with Crippen LogP contribution in [-0.2, 0) is 52.4 Å². The number of hydrogen-bond donors (Lipinski definition) is 0. The molecule has 0 N–H and O–H groups in total. The summed E-state index contributed by atoms with van der Waals surface area (Å²) in [5, 5.41) is 0. The molecule has 13 saturated carbocycles. The molecule has 0 amide bonds. The molecule has 0 heterocycles. The number of carbonyl (C=O) groups excluding carboxylic acids is 5. The van der Waals surface area contributed by atoms with Gasteiger partial charge in [-0.2, -0.15) is 0 Å². The summed E-state index contributed by atoms with van der Waals surface area (Å²) in [6, 6.07) is 0. The summed E-state index contributed by atoms with van der Waals surface area (Å²) in [5.41, 5.74) is 1.50. The summed E-state index contributed by atoms with van der Waals surface area (Å²) < 4.78 is 33.0. The second kappa shape index (κ2) is 25.0. The van der Waals surface area contributed by atoms with E-state index in [-0.39, 0.29) is 54.3 Å². The van der Waals surface area contributed by atoms with E-state index in [1.807, 2.05) is 0 Å². The van der Waals surface area contributed by atoms with E-state index >= 15 is 0 Å². The molecule has 10 bridgehead atoms. The Hall–Kier alpha value is -4.51. The van der Waals surface area contributed by atoms with Crippen molar-refractivity contribution in [2.45, 2.75) is 186 Å². The second-order valence-electron chi connectivity index (χ2n) is 28.2. The molecule has 81 heavy (non-hydrogen) atoms. The van der Waals surface area contributed by atoms with Crippen LogP contribution >= 0.6 is 0 Å². The lowest BCUT2D eigenvalue weighted by atomic mass is 9.80. The first-order valence-electron chi connectivity index (χ1n) is 32.2. The van der Waals surface area contributed by atoms with E-state index in [0.717, 1.165) is 120 Å². The van der Waals surface area contributed by atoms with Gasteiger partial charge in [0.05, 0.1) is 12.7 Å². The summed E-state index contributed by atoms with van der Waals surface area (Å²) in [4.78, 5) is 56.7. The molecule has 0 aromatic heterocycles. The SMILES string of the molecule is C=C(C)C(=O)OC1CC2CC1C1CC=CC21.C=C(C)C(=O)OC1CC2CC1C1CCCC21.C=C(C)C(=O)OCCOC1CC2CC1C1CCCC21.C=CC(=O)OC1CC2CC1C1CC=CC21.C=CC(=O)OC1CC2CC1C1CCCC21. The smallest absolute Gasteiger partial charge is 0.333 e. The molecule has 0 radical (unpaired) electrons. The molecule has 15 rings (SSSR count). The van der Waals surface area contributed by atoms with Crippen LogP contribution in [0.5, 0.6) is 0 Å². The number of hydrogen-bond acceptors (Lipinski definition) is 11. The first kappa shape index (κ1) is 58.3. The summed E-state index contributed by atoms with van der Waals surface area (Å²) in [6.07, 6.45) is 40.2. The average molecular weight is 1110 g/mol. The average Bonchev–Trinajstić information content (AvgIpc) is 4.24. The van der Waals surface area contributed by atoms with Crippen molar-refractivity contribution >= 4 is 29.8 Å². The molecule has 0 spiro atoms. The molecule has 11 nitrogen and oxygen atoms in total. The number of esters is 5. The van der Waals surface area contributed by atoms with Crippen molar-refractivity contribution in [3.05, 3.63) is 86.1 Å². The van der Waals surface area contributed by atoms with E-state index in [1.165, 1.54) is 121 Å². The Bertz CT molecular complexity index is 2430. The van der Waals surface area contributed by atoms with Crippen LogP contribution in [-0.4, -0.2) is 73.6 Å². The van der Waals surface area contributed by atoms with Gasteiger partial charge in [-0.3, -0.25) is 0 Å². The van der Waals surface area contributed by atoms with Gasteiger partial charge in [-0.15, -0.1) is 0 Å². The van der Waals surface area contributed by atoms with E-state index in [9.17, 15) is 24.0 Å². The lowest BCUT2D eigenvalue weighted by Crippen LogP contribution is -2.32. The standard InChI is InChI=1S/C16H24O3.C14H20O2.C14H18O2.C13H18O2.C13H16O2/c1-10(2)16(17)19-7-6-18-15-9-11-8-14(15)13-5-3-4-12(11)13;2*1-8(2)14(15)16-13-7-9-6-12(13)11-5-3-4-10(9)11;2*1-2-13(14)15-12-7-8-6-11(12)10-5-3-4-9(8)10/h11-15H,1,3-9H2,2H3;9-13H,1,3-7H2,2H3;3-4,9-13H,1,5-7H2,2H3;2,8-12H,1,3-7H2;2-4,8-12H,1,5-7H2. The van der Waals surface area contributed by atoms with E-state index in [2.05, 4.69) is 57.2 Å². The second-order valence-corrected chi connectivity index (χ2v) is 28.2. The minimum absolute atomic E-state index is 0.162. The van der Waals surface area contributed by atoms with Gasteiger partial charge in [0.25, 0.3) is 0 Å². The van der Waals surface area contributed by atoms with Gasteiger partial charge in [0, 0.05) is 28.9 Å². The maximum absolute atomic E-state index is 11.5. The van der Waals surface area contributed by atoms with Crippen LogP contribution in [0.2, 0.25) is 0 Å². The van der Waals surface area contributed by atoms with Gasteiger partial charge in [-0.25, -0.2) is 24.0 Å². The summed E-state index contributed by atoms with van der Waals surface area (Å²) in [5.74, 6) is 15.0. The molecular weight excluding hydrogens is 1020 g/mol. The number of carbonyl (C=O) groups is 5. The number of allylic oxidation sites excluding steroid dienone is 4. The summed E-state index contributed by atoms with van der Waals surface area (Å²) in [7, 11) is 0. The Morgan fingerprint density at radius 3 is 1.12 bits per heavy atom. The molecule has 15 aliphatic carbocycles. The fraction of sp³-hybridized carbons (Fsp3) is 0.729. The summed E-state index contributed by atoms with van der Waals surface area (Å²) >= 11 is 0. The van der Waals surface area contributed by atoms with Crippen LogP contribution in [0.25, 0.3) is 0 Å². The van der Waals surface area contributed by atoms with Crippen molar-refractivity contribution in [3.8, 4) is 0 Å². The van der Waals surface area contributed by atoms with Gasteiger partial charge < -0.3 is 28.4 Å². The third kappa shape index (κ3) is 12.0. The first-order valence-corrected chi connectivity index (χ1v) is 32.2. The Balaban J connectivity index is 0.000000107. The molecule has 442 valence electrons. The lowest BCUT2D eigenvalue weighted by molar-refractivity contribution is -0.149. The monoisotopic (exact) mass is 1110 g/mol. The highest BCUT2D eigenvalue weighted by Crippen LogP contribution is 2.63. The van der Waals surface area contributed by atoms with Crippen molar-refractivity contribution in [1.82, 2.24) is 0 Å². The Morgan fingerprint density at radius 2 is 0.728 bits per heavy atom. The van der Waals surface area contributed by atoms with E-state index in [4.69, 9.17) is 28.4 Å². The van der Waals surface area contributed by atoms with E-state index in [1.54, 1.807) is 20.8 Å². The highest BCUT2D eigenvalue weighted by Gasteiger charge is 2.58. The topological polar surface area (TPSA) is 141 Å². The highest BCUT2D eigenvalue weighted by atomic mass is 16.6. The Labute approximate surface area is 484 Å². The van der Waals surface area contributed by atoms with Gasteiger partial charge >= 0.3 is 29.8 Å². The van der Waals surface area contributed by atoms with Crippen molar-refractivity contribution < 1.29 is 52.4 Å². The van der Waals surface area contributed by atoms with Crippen LogP contribution in [0.1, 0.15) is 156 Å². The quantitative estimate of drug-likeness (QED) is 0.0572. The number of rotatable bonds is 13. The van der Waals surface area contributed by atoms with Crippen molar-refractivity contribution in [1.29, 1.82) is 0 Å². The third-order valence-electron chi connectivity index (χ3n) is 24.1. The molecule has 25 atom stereocenters. The van der Waals surface area contributed by atoms with E-state index < -0.39 is 0 Å². The molecule has 25 unspecified atom stereocenters. The lowest BCUT2D eigenvalue weighted by Gasteiger charge is -2.31. The Kier molecular flexibility index (Phi) is 18.0. The molecule has 0 aromatic carbocycles. The predicted octanol–water partition coefficient (Wildman–Crippen LogP) is 13.4. The fourth-order valence-electron chi connectivity index (χ4n) is 21.1. The minimum atomic E-state index is -0.313. The molecule has 13 fully saturated rings. The van der Waals surface area contributed by atoms with Gasteiger partial charge in [0.2, 0.25) is 0 Å². The van der Waals surface area contributed by atoms with Crippen molar-refractivity contribution in [3.63, 3.8) is 0 Å². The van der Waals surface area contributed by atoms with Gasteiger partial charge in [0.1, 0.15) is 31.0 Å². The summed E-state index contributed by atoms with van der Waals surface area (Å²) in [6.45, 7) is 23.8. The maximum Gasteiger partial charge on any atom is 0.333 e. The van der Waals surface area contributed by atoms with Crippen LogP contribution in [0.4, 0.5) is 0 Å².